The van der Waals surface area contributed by atoms with E-state index in [1.165, 1.54) is 12.1 Å². The second-order valence-corrected chi connectivity index (χ2v) is 5.11. The van der Waals surface area contributed by atoms with Crippen molar-refractivity contribution in [3.8, 4) is 0 Å². The maximum Gasteiger partial charge on any atom is 0.123 e. The molecule has 0 aromatic heterocycles. The lowest BCUT2D eigenvalue weighted by Gasteiger charge is -2.30. The van der Waals surface area contributed by atoms with Crippen molar-refractivity contribution in [2.75, 3.05) is 13.2 Å². The van der Waals surface area contributed by atoms with Gasteiger partial charge in [-0.3, -0.25) is 11.3 Å². The lowest BCUT2D eigenvalue weighted by atomic mass is 9.87. The smallest absolute Gasteiger partial charge is 0.123 e. The van der Waals surface area contributed by atoms with Gasteiger partial charge in [0.1, 0.15) is 5.82 Å². The van der Waals surface area contributed by atoms with Crippen molar-refractivity contribution >= 4 is 15.9 Å². The van der Waals surface area contributed by atoms with E-state index < -0.39 is 0 Å². The molecular formula is C12H16BrFN2O. The lowest BCUT2D eigenvalue weighted by Crippen LogP contribution is -2.36. The number of nitrogens with two attached hydrogens (primary N) is 1. The van der Waals surface area contributed by atoms with E-state index in [1.54, 1.807) is 6.07 Å². The second-order valence-electron chi connectivity index (χ2n) is 4.26. The van der Waals surface area contributed by atoms with Crippen molar-refractivity contribution in [2.45, 2.75) is 18.9 Å². The highest BCUT2D eigenvalue weighted by molar-refractivity contribution is 9.10. The van der Waals surface area contributed by atoms with E-state index in [9.17, 15) is 4.39 Å². The standard InChI is InChI=1S/C12H16BrFN2O/c13-11-2-1-9(14)7-10(11)12(16-15)8-3-5-17-6-4-8/h1-2,7-8,12,16H,3-6,15H2. The topological polar surface area (TPSA) is 47.3 Å². The minimum Gasteiger partial charge on any atom is -0.381 e. The minimum atomic E-state index is -0.240. The van der Waals surface area contributed by atoms with Gasteiger partial charge < -0.3 is 4.74 Å². The molecule has 0 spiro atoms. The van der Waals surface area contributed by atoms with Crippen molar-refractivity contribution in [1.82, 2.24) is 5.43 Å². The fraction of sp³-hybridized carbons (Fsp3) is 0.500. The Hall–Kier alpha value is -0.490. The van der Waals surface area contributed by atoms with Crippen LogP contribution in [0, 0.1) is 11.7 Å². The van der Waals surface area contributed by atoms with Crippen LogP contribution < -0.4 is 11.3 Å². The first kappa shape index (κ1) is 13.0. The van der Waals surface area contributed by atoms with Crippen LogP contribution in [0.3, 0.4) is 0 Å². The molecule has 0 aliphatic carbocycles. The quantitative estimate of drug-likeness (QED) is 0.666. The van der Waals surface area contributed by atoms with Crippen LogP contribution in [0.4, 0.5) is 4.39 Å². The van der Waals surface area contributed by atoms with Gasteiger partial charge in [-0.25, -0.2) is 4.39 Å². The van der Waals surface area contributed by atoms with Crippen molar-refractivity contribution in [3.63, 3.8) is 0 Å². The predicted molar refractivity (Wildman–Crippen MR) is 67.7 cm³/mol. The molecule has 1 heterocycles. The highest BCUT2D eigenvalue weighted by Gasteiger charge is 2.26. The third-order valence-electron chi connectivity index (χ3n) is 3.21. The van der Waals surface area contributed by atoms with Gasteiger partial charge in [0, 0.05) is 17.7 Å². The third kappa shape index (κ3) is 3.04. The van der Waals surface area contributed by atoms with Gasteiger partial charge in [-0.15, -0.1) is 0 Å². The van der Waals surface area contributed by atoms with Crippen LogP contribution in [0.2, 0.25) is 0 Å². The fourth-order valence-electron chi connectivity index (χ4n) is 2.28. The van der Waals surface area contributed by atoms with E-state index in [0.717, 1.165) is 36.1 Å². The molecule has 1 aromatic rings. The molecule has 0 bridgehead atoms. The molecule has 0 radical (unpaired) electrons. The van der Waals surface area contributed by atoms with E-state index in [2.05, 4.69) is 21.4 Å². The first-order valence-electron chi connectivity index (χ1n) is 5.71. The van der Waals surface area contributed by atoms with Gasteiger partial charge in [0.2, 0.25) is 0 Å². The summed E-state index contributed by atoms with van der Waals surface area (Å²) < 4.78 is 19.5. The Balaban J connectivity index is 2.24. The molecule has 3 N–H and O–H groups in total. The monoisotopic (exact) mass is 302 g/mol. The van der Waals surface area contributed by atoms with Crippen LogP contribution in [0.15, 0.2) is 22.7 Å². The SMILES string of the molecule is NNC(c1cc(F)ccc1Br)C1CCOCC1. The molecule has 17 heavy (non-hydrogen) atoms. The highest BCUT2D eigenvalue weighted by Crippen LogP contribution is 2.33. The van der Waals surface area contributed by atoms with Crippen LogP contribution in [0.5, 0.6) is 0 Å². The normalized spacial score (nSPS) is 19.2. The van der Waals surface area contributed by atoms with Crippen LogP contribution in [-0.2, 0) is 4.74 Å². The van der Waals surface area contributed by atoms with Gasteiger partial charge in [-0.05, 0) is 42.5 Å². The first-order valence-corrected chi connectivity index (χ1v) is 6.50. The molecular weight excluding hydrogens is 287 g/mol. The zero-order valence-corrected chi connectivity index (χ0v) is 11.0. The van der Waals surface area contributed by atoms with Crippen LogP contribution in [0.1, 0.15) is 24.4 Å². The summed E-state index contributed by atoms with van der Waals surface area (Å²) in [7, 11) is 0. The molecule has 1 atom stereocenters. The molecule has 1 fully saturated rings. The first-order chi connectivity index (χ1) is 8.22. The van der Waals surface area contributed by atoms with Crippen LogP contribution in [0.25, 0.3) is 0 Å². The zero-order chi connectivity index (χ0) is 12.3. The number of hydrogen-bond donors (Lipinski definition) is 2. The molecule has 5 heteroatoms. The van der Waals surface area contributed by atoms with Gasteiger partial charge in [-0.2, -0.15) is 0 Å². The number of nitrogens with one attached hydrogen (secondary N) is 1. The number of halogens is 2. The second kappa shape index (κ2) is 5.91. The Bertz CT molecular complexity index is 383. The Kier molecular flexibility index (Phi) is 4.50. The molecule has 1 saturated heterocycles. The van der Waals surface area contributed by atoms with Gasteiger partial charge in [-0.1, -0.05) is 15.9 Å². The number of hydrazine groups is 1. The number of benzene rings is 1. The Morgan fingerprint density at radius 2 is 2.12 bits per heavy atom. The molecule has 0 amide bonds. The van der Waals surface area contributed by atoms with Gasteiger partial charge in [0.15, 0.2) is 0 Å². The number of ether oxygens (including phenoxy) is 1. The predicted octanol–water partition coefficient (Wildman–Crippen LogP) is 2.52. The van der Waals surface area contributed by atoms with Crippen LogP contribution >= 0.6 is 15.9 Å². The summed E-state index contributed by atoms with van der Waals surface area (Å²) in [5.41, 5.74) is 3.68. The van der Waals surface area contributed by atoms with E-state index >= 15 is 0 Å². The molecule has 94 valence electrons. The molecule has 3 nitrogen and oxygen atoms in total. The summed E-state index contributed by atoms with van der Waals surface area (Å²) in [5, 5.41) is 0. The fourth-order valence-corrected chi connectivity index (χ4v) is 2.78. The van der Waals surface area contributed by atoms with Crippen molar-refractivity contribution in [1.29, 1.82) is 0 Å². The summed E-state index contributed by atoms with van der Waals surface area (Å²) in [6.07, 6.45) is 1.88. The summed E-state index contributed by atoms with van der Waals surface area (Å²) in [6.45, 7) is 1.49. The summed E-state index contributed by atoms with van der Waals surface area (Å²) in [4.78, 5) is 0. The highest BCUT2D eigenvalue weighted by atomic mass is 79.9. The number of hydrogen-bond acceptors (Lipinski definition) is 3. The summed E-state index contributed by atoms with van der Waals surface area (Å²) >= 11 is 3.45. The molecule has 0 saturated carbocycles. The minimum absolute atomic E-state index is 0.0380. The molecule has 1 aliphatic heterocycles. The summed E-state index contributed by atoms with van der Waals surface area (Å²) in [5.74, 6) is 5.76. The van der Waals surface area contributed by atoms with Gasteiger partial charge in [0.25, 0.3) is 0 Å². The number of rotatable bonds is 3. The average molecular weight is 303 g/mol. The van der Waals surface area contributed by atoms with Gasteiger partial charge >= 0.3 is 0 Å². The maximum atomic E-state index is 13.3. The van der Waals surface area contributed by atoms with E-state index in [4.69, 9.17) is 10.6 Å². The average Bonchev–Trinajstić information content (AvgIpc) is 2.36. The van der Waals surface area contributed by atoms with E-state index in [0.29, 0.717) is 5.92 Å². The van der Waals surface area contributed by atoms with Crippen molar-refractivity contribution in [2.24, 2.45) is 11.8 Å². The lowest BCUT2D eigenvalue weighted by molar-refractivity contribution is 0.0535. The van der Waals surface area contributed by atoms with Crippen molar-refractivity contribution < 1.29 is 9.13 Å². The molecule has 2 rings (SSSR count). The molecule has 1 aliphatic rings. The summed E-state index contributed by atoms with van der Waals surface area (Å²) in [6, 6.07) is 4.65. The third-order valence-corrected chi connectivity index (χ3v) is 3.93. The molecule has 1 aromatic carbocycles. The Morgan fingerprint density at radius 3 is 2.76 bits per heavy atom. The zero-order valence-electron chi connectivity index (χ0n) is 9.46. The van der Waals surface area contributed by atoms with Crippen LogP contribution in [-0.4, -0.2) is 13.2 Å². The molecule has 1 unspecified atom stereocenters. The van der Waals surface area contributed by atoms with E-state index in [-0.39, 0.29) is 11.9 Å². The largest absolute Gasteiger partial charge is 0.381 e. The van der Waals surface area contributed by atoms with Gasteiger partial charge in [0.05, 0.1) is 6.04 Å². The Morgan fingerprint density at radius 1 is 1.41 bits per heavy atom. The van der Waals surface area contributed by atoms with Crippen molar-refractivity contribution in [3.05, 3.63) is 34.1 Å². The maximum absolute atomic E-state index is 13.3. The Labute approximate surface area is 109 Å². The van der Waals surface area contributed by atoms with E-state index in [1.807, 2.05) is 0 Å².